The minimum absolute atomic E-state index is 0.00838. The van der Waals surface area contributed by atoms with Crippen molar-refractivity contribution in [3.8, 4) is 11.1 Å². The Hall–Kier alpha value is -3.91. The second kappa shape index (κ2) is 8.46. The van der Waals surface area contributed by atoms with Crippen LogP contribution < -0.4 is 5.56 Å². The van der Waals surface area contributed by atoms with Gasteiger partial charge in [-0.05, 0) is 52.9 Å². The number of nitrogens with one attached hydrogen (secondary N) is 1. The van der Waals surface area contributed by atoms with Crippen LogP contribution in [0.5, 0.6) is 0 Å². The largest absolute Gasteiger partial charge is 0.373 e. The molecule has 2 heterocycles. The number of hydrogen-bond acceptors (Lipinski definition) is 3. The number of nitrogens with zero attached hydrogens (tertiary/aromatic N) is 1. The minimum Gasteiger partial charge on any atom is -0.373 e. The molecule has 34 heavy (non-hydrogen) atoms. The lowest BCUT2D eigenvalue weighted by Crippen LogP contribution is -2.37. The molecule has 3 aromatic carbocycles. The van der Waals surface area contributed by atoms with E-state index in [1.165, 1.54) is 17.0 Å². The summed E-state index contributed by atoms with van der Waals surface area (Å²) in [5.74, 6) is -2.83. The van der Waals surface area contributed by atoms with Crippen molar-refractivity contribution in [2.75, 3.05) is 13.7 Å². The lowest BCUT2D eigenvalue weighted by molar-refractivity contribution is 0.0335. The first-order valence-electron chi connectivity index (χ1n) is 10.6. The minimum atomic E-state index is -1.12. The number of halogens is 3. The molecule has 1 atom stereocenters. The Balaban J connectivity index is 1.50. The number of pyridine rings is 1. The topological polar surface area (TPSA) is 62.4 Å². The van der Waals surface area contributed by atoms with Gasteiger partial charge in [-0.1, -0.05) is 24.3 Å². The molecule has 1 unspecified atom stereocenters. The van der Waals surface area contributed by atoms with Crippen molar-refractivity contribution in [1.29, 1.82) is 0 Å². The van der Waals surface area contributed by atoms with Gasteiger partial charge in [0.1, 0.15) is 5.82 Å². The molecule has 0 bridgehead atoms. The summed E-state index contributed by atoms with van der Waals surface area (Å²) in [6.07, 6.45) is 0. The molecule has 1 aliphatic heterocycles. The fourth-order valence-corrected chi connectivity index (χ4v) is 4.34. The number of ether oxygens (including phenoxy) is 1. The first-order valence-corrected chi connectivity index (χ1v) is 10.6. The number of benzene rings is 3. The molecule has 5 rings (SSSR count). The third-order valence-electron chi connectivity index (χ3n) is 6.14. The van der Waals surface area contributed by atoms with Gasteiger partial charge in [-0.15, -0.1) is 0 Å². The average Bonchev–Trinajstić information content (AvgIpc) is 2.84. The number of amides is 1. The summed E-state index contributed by atoms with van der Waals surface area (Å²) in [6, 6.07) is 14.2. The van der Waals surface area contributed by atoms with E-state index < -0.39 is 23.2 Å². The van der Waals surface area contributed by atoms with E-state index in [1.54, 1.807) is 43.4 Å². The van der Waals surface area contributed by atoms with Crippen molar-refractivity contribution in [2.24, 2.45) is 0 Å². The summed E-state index contributed by atoms with van der Waals surface area (Å²) >= 11 is 0. The zero-order valence-electron chi connectivity index (χ0n) is 18.1. The number of H-pyrrole nitrogens is 1. The van der Waals surface area contributed by atoms with Crippen LogP contribution in [0, 0.1) is 17.5 Å². The highest BCUT2D eigenvalue weighted by molar-refractivity contribution is 5.95. The van der Waals surface area contributed by atoms with Crippen LogP contribution in [0.1, 0.15) is 27.7 Å². The Morgan fingerprint density at radius 1 is 0.941 bits per heavy atom. The van der Waals surface area contributed by atoms with Gasteiger partial charge in [0.25, 0.3) is 11.5 Å². The van der Waals surface area contributed by atoms with E-state index in [-0.39, 0.29) is 35.7 Å². The predicted octanol–water partition coefficient (Wildman–Crippen LogP) is 4.96. The number of hydrogen-bond donors (Lipinski definition) is 1. The maximum Gasteiger partial charge on any atom is 0.256 e. The van der Waals surface area contributed by atoms with Crippen LogP contribution in [0.3, 0.4) is 0 Å². The Labute approximate surface area is 192 Å². The molecule has 1 aromatic heterocycles. The Bertz CT molecular complexity index is 1460. The van der Waals surface area contributed by atoms with E-state index in [1.807, 2.05) is 0 Å². The fourth-order valence-electron chi connectivity index (χ4n) is 4.34. The van der Waals surface area contributed by atoms with Crippen LogP contribution >= 0.6 is 0 Å². The number of aromatic nitrogens is 1. The second-order valence-corrected chi connectivity index (χ2v) is 8.19. The van der Waals surface area contributed by atoms with Crippen LogP contribution in [0.2, 0.25) is 0 Å². The Morgan fingerprint density at radius 2 is 1.53 bits per heavy atom. The van der Waals surface area contributed by atoms with Crippen molar-refractivity contribution in [3.63, 3.8) is 0 Å². The first-order chi connectivity index (χ1) is 16.3. The molecule has 1 amide bonds. The smallest absolute Gasteiger partial charge is 0.256 e. The van der Waals surface area contributed by atoms with Crippen molar-refractivity contribution in [2.45, 2.75) is 12.6 Å². The van der Waals surface area contributed by atoms with E-state index in [0.29, 0.717) is 16.8 Å². The third kappa shape index (κ3) is 3.76. The molecule has 0 saturated heterocycles. The summed E-state index contributed by atoms with van der Waals surface area (Å²) < 4.78 is 46.7. The summed E-state index contributed by atoms with van der Waals surface area (Å²) in [5, 5.41) is 0.256. The van der Waals surface area contributed by atoms with Crippen LogP contribution in [0.4, 0.5) is 13.2 Å². The quantitative estimate of drug-likeness (QED) is 0.467. The van der Waals surface area contributed by atoms with E-state index in [2.05, 4.69) is 4.98 Å². The molecule has 4 aromatic rings. The van der Waals surface area contributed by atoms with Gasteiger partial charge in [0.2, 0.25) is 0 Å². The fraction of sp³-hybridized carbons (Fsp3) is 0.154. The molecule has 1 N–H and O–H groups in total. The molecule has 172 valence electrons. The van der Waals surface area contributed by atoms with Gasteiger partial charge in [0.05, 0.1) is 24.6 Å². The van der Waals surface area contributed by atoms with E-state index in [0.717, 1.165) is 23.3 Å². The van der Waals surface area contributed by atoms with Gasteiger partial charge in [0, 0.05) is 23.9 Å². The van der Waals surface area contributed by atoms with E-state index in [9.17, 15) is 22.8 Å². The van der Waals surface area contributed by atoms with E-state index in [4.69, 9.17) is 4.74 Å². The number of carbonyl (C=O) groups is 1. The highest BCUT2D eigenvalue weighted by Crippen LogP contribution is 2.34. The van der Waals surface area contributed by atoms with Gasteiger partial charge < -0.3 is 14.6 Å². The summed E-state index contributed by atoms with van der Waals surface area (Å²) in [7, 11) is 1.59. The molecule has 8 heteroatoms. The lowest BCUT2D eigenvalue weighted by atomic mass is 9.95. The third-order valence-corrected chi connectivity index (χ3v) is 6.14. The first kappa shape index (κ1) is 21.9. The zero-order valence-corrected chi connectivity index (χ0v) is 18.1. The summed E-state index contributed by atoms with van der Waals surface area (Å²) in [4.78, 5) is 29.8. The normalized spacial score (nSPS) is 15.2. The molecular weight excluding hydrogens is 445 g/mol. The van der Waals surface area contributed by atoms with Crippen LogP contribution in [-0.2, 0) is 11.3 Å². The van der Waals surface area contributed by atoms with Crippen LogP contribution in [-0.4, -0.2) is 29.4 Å². The monoisotopic (exact) mass is 464 g/mol. The molecule has 0 spiro atoms. The van der Waals surface area contributed by atoms with Gasteiger partial charge in [-0.2, -0.15) is 0 Å². The summed E-state index contributed by atoms with van der Waals surface area (Å²) in [6.45, 7) is 0.216. The summed E-state index contributed by atoms with van der Waals surface area (Å²) in [5.41, 5.74) is 2.44. The maximum absolute atomic E-state index is 14.1. The average molecular weight is 464 g/mol. The number of rotatable bonds is 3. The van der Waals surface area contributed by atoms with Crippen LogP contribution in [0.15, 0.2) is 65.5 Å². The standard InChI is InChI=1S/C26H19F3N2O3/c1-31(26(33)16-4-2-14(3-5-16)15-6-8-17(27)9-7-15)23-13-34-12-22-24(23)18-10-20(28)21(29)11-19(18)25(32)30-22/h2-11,23H,12-13H2,1H3,(H,30,32). The molecular formula is C26H19F3N2O3. The molecule has 0 fully saturated rings. The van der Waals surface area contributed by atoms with Crippen molar-refractivity contribution in [3.05, 3.63) is 105 Å². The molecule has 1 aliphatic rings. The lowest BCUT2D eigenvalue weighted by Gasteiger charge is -2.34. The van der Waals surface area contributed by atoms with Crippen molar-refractivity contribution >= 4 is 16.7 Å². The predicted molar refractivity (Wildman–Crippen MR) is 121 cm³/mol. The van der Waals surface area contributed by atoms with Gasteiger partial charge in [-0.3, -0.25) is 9.59 Å². The Morgan fingerprint density at radius 3 is 2.18 bits per heavy atom. The number of fused-ring (bicyclic) bond motifs is 3. The van der Waals surface area contributed by atoms with Crippen molar-refractivity contribution < 1.29 is 22.7 Å². The zero-order chi connectivity index (χ0) is 24.0. The maximum atomic E-state index is 14.1. The van der Waals surface area contributed by atoms with Gasteiger partial charge >= 0.3 is 0 Å². The number of aromatic amines is 1. The second-order valence-electron chi connectivity index (χ2n) is 8.19. The van der Waals surface area contributed by atoms with Crippen molar-refractivity contribution in [1.82, 2.24) is 9.88 Å². The molecule has 0 saturated carbocycles. The number of likely N-dealkylation sites (N-methyl/N-ethyl adjacent to an activating group) is 1. The SMILES string of the molecule is CN(C(=O)c1ccc(-c2ccc(F)cc2)cc1)C1COCc2[nH]c(=O)c3cc(F)c(F)cc3c21. The highest BCUT2D eigenvalue weighted by Gasteiger charge is 2.31. The van der Waals surface area contributed by atoms with Gasteiger partial charge in [-0.25, -0.2) is 13.2 Å². The van der Waals surface area contributed by atoms with E-state index >= 15 is 0 Å². The molecule has 5 nitrogen and oxygen atoms in total. The highest BCUT2D eigenvalue weighted by atomic mass is 19.2. The Kier molecular flexibility index (Phi) is 5.45. The molecule has 0 radical (unpaired) electrons. The van der Waals surface area contributed by atoms with Gasteiger partial charge in [0.15, 0.2) is 11.6 Å². The number of carbonyl (C=O) groups excluding carboxylic acids is 1. The molecule has 0 aliphatic carbocycles. The van der Waals surface area contributed by atoms with Crippen LogP contribution in [0.25, 0.3) is 21.9 Å².